The van der Waals surface area contributed by atoms with Gasteiger partial charge in [0, 0.05) is 18.6 Å². The molecular formula is C37H46NO+. The summed E-state index contributed by atoms with van der Waals surface area (Å²) in [5.74, 6) is 1.00. The second-order valence-corrected chi connectivity index (χ2v) is 10.7. The Balaban J connectivity index is 0.936. The minimum atomic E-state index is 0.830. The first-order valence-corrected chi connectivity index (χ1v) is 15.2. The van der Waals surface area contributed by atoms with Gasteiger partial charge in [0.15, 0.2) is 12.4 Å². The van der Waals surface area contributed by atoms with Gasteiger partial charge in [-0.3, -0.25) is 0 Å². The predicted octanol–water partition coefficient (Wildman–Crippen LogP) is 9.41. The number of nitrogens with zero attached hydrogens (tertiary/aromatic N) is 1. The van der Waals surface area contributed by atoms with Gasteiger partial charge < -0.3 is 4.74 Å². The molecule has 1 aromatic heterocycles. The SMILES string of the molecule is c1ccc(CCc2ccc(OCCCCCCCCCCCC[n+]3ccc(-c4ccccc4)cc3)cc2)cc1. The van der Waals surface area contributed by atoms with Crippen molar-refractivity contribution >= 4 is 0 Å². The molecule has 0 spiro atoms. The van der Waals surface area contributed by atoms with Crippen LogP contribution in [0.1, 0.15) is 75.3 Å². The molecule has 0 aliphatic carbocycles. The minimum absolute atomic E-state index is 0.830. The highest BCUT2D eigenvalue weighted by atomic mass is 16.5. The summed E-state index contributed by atoms with van der Waals surface area (Å²) in [6, 6.07) is 34.4. The van der Waals surface area contributed by atoms with Gasteiger partial charge in [-0.2, -0.15) is 0 Å². The topological polar surface area (TPSA) is 13.1 Å². The van der Waals surface area contributed by atoms with E-state index < -0.39 is 0 Å². The summed E-state index contributed by atoms with van der Waals surface area (Å²) >= 11 is 0. The lowest BCUT2D eigenvalue weighted by molar-refractivity contribution is -0.697. The molecule has 2 heteroatoms. The summed E-state index contributed by atoms with van der Waals surface area (Å²) in [7, 11) is 0. The number of hydrogen-bond acceptors (Lipinski definition) is 1. The van der Waals surface area contributed by atoms with Crippen molar-refractivity contribution in [3.05, 3.63) is 121 Å². The van der Waals surface area contributed by atoms with Crippen LogP contribution in [0.25, 0.3) is 11.1 Å². The summed E-state index contributed by atoms with van der Waals surface area (Å²) in [5, 5.41) is 0. The molecule has 4 aromatic rings. The van der Waals surface area contributed by atoms with E-state index in [-0.39, 0.29) is 0 Å². The standard InChI is InChI=1S/C37H46NO/c1(3-5-7-15-29-38-30-27-36(28-31-38)35-19-13-10-14-20-35)2-4-6-8-16-32-39-37-25-23-34(24-26-37)22-21-33-17-11-9-12-18-33/h9-14,17-20,23-28,30-31H,1-8,15-16,21-22,29,32H2/q+1. The maximum absolute atomic E-state index is 5.96. The van der Waals surface area contributed by atoms with Crippen LogP contribution in [0.5, 0.6) is 5.75 Å². The third kappa shape index (κ3) is 11.1. The maximum atomic E-state index is 5.96. The summed E-state index contributed by atoms with van der Waals surface area (Å²) in [5.41, 5.74) is 5.35. The molecule has 0 unspecified atom stereocenters. The van der Waals surface area contributed by atoms with Crippen molar-refractivity contribution in [2.45, 2.75) is 83.6 Å². The zero-order valence-corrected chi connectivity index (χ0v) is 23.6. The van der Waals surface area contributed by atoms with Gasteiger partial charge in [-0.15, -0.1) is 0 Å². The quantitative estimate of drug-likeness (QED) is 0.0940. The van der Waals surface area contributed by atoms with E-state index in [4.69, 9.17) is 4.74 Å². The summed E-state index contributed by atoms with van der Waals surface area (Å²) in [4.78, 5) is 0. The Hall–Kier alpha value is -3.39. The molecule has 0 aliphatic heterocycles. The van der Waals surface area contributed by atoms with Gasteiger partial charge in [0.2, 0.25) is 0 Å². The molecule has 0 N–H and O–H groups in total. The van der Waals surface area contributed by atoms with Gasteiger partial charge in [-0.05, 0) is 60.1 Å². The normalized spacial score (nSPS) is 11.0. The van der Waals surface area contributed by atoms with Crippen LogP contribution in [0.4, 0.5) is 0 Å². The molecule has 0 atom stereocenters. The number of aromatic nitrogens is 1. The zero-order valence-electron chi connectivity index (χ0n) is 23.6. The molecule has 3 aromatic carbocycles. The summed E-state index contributed by atoms with van der Waals surface area (Å²) < 4.78 is 8.28. The Kier molecular flexibility index (Phi) is 12.7. The van der Waals surface area contributed by atoms with Gasteiger partial charge >= 0.3 is 0 Å². The van der Waals surface area contributed by atoms with Gasteiger partial charge in [-0.1, -0.05) is 118 Å². The molecular weight excluding hydrogens is 474 g/mol. The smallest absolute Gasteiger partial charge is 0.169 e. The van der Waals surface area contributed by atoms with Crippen LogP contribution < -0.4 is 9.30 Å². The van der Waals surface area contributed by atoms with E-state index in [0.717, 1.165) is 38.2 Å². The number of ether oxygens (including phenoxy) is 1. The van der Waals surface area contributed by atoms with Crippen molar-refractivity contribution in [2.75, 3.05) is 6.61 Å². The molecule has 0 bridgehead atoms. The van der Waals surface area contributed by atoms with E-state index in [1.54, 1.807) is 0 Å². The molecule has 204 valence electrons. The van der Waals surface area contributed by atoms with Crippen molar-refractivity contribution in [1.82, 2.24) is 0 Å². The lowest BCUT2D eigenvalue weighted by Crippen LogP contribution is -2.32. The monoisotopic (exact) mass is 520 g/mol. The Morgan fingerprint density at radius 2 is 0.923 bits per heavy atom. The van der Waals surface area contributed by atoms with Crippen LogP contribution in [0.15, 0.2) is 109 Å². The minimum Gasteiger partial charge on any atom is -0.494 e. The van der Waals surface area contributed by atoms with Gasteiger partial charge in [0.1, 0.15) is 12.3 Å². The number of rotatable bonds is 18. The predicted molar refractivity (Wildman–Crippen MR) is 164 cm³/mol. The molecule has 0 aliphatic rings. The van der Waals surface area contributed by atoms with Crippen LogP contribution in [-0.4, -0.2) is 6.61 Å². The van der Waals surface area contributed by atoms with E-state index in [2.05, 4.69) is 114 Å². The van der Waals surface area contributed by atoms with Gasteiger partial charge in [0.05, 0.1) is 6.61 Å². The molecule has 0 fully saturated rings. The van der Waals surface area contributed by atoms with Crippen molar-refractivity contribution < 1.29 is 9.30 Å². The highest BCUT2D eigenvalue weighted by Gasteiger charge is 2.03. The number of unbranched alkanes of at least 4 members (excludes halogenated alkanes) is 9. The lowest BCUT2D eigenvalue weighted by Gasteiger charge is -2.08. The second kappa shape index (κ2) is 17.2. The van der Waals surface area contributed by atoms with Crippen LogP contribution >= 0.6 is 0 Å². The van der Waals surface area contributed by atoms with Crippen LogP contribution in [0, 0.1) is 0 Å². The fraction of sp³-hybridized carbons (Fsp3) is 0.378. The van der Waals surface area contributed by atoms with E-state index in [9.17, 15) is 0 Å². The van der Waals surface area contributed by atoms with Gasteiger partial charge in [-0.25, -0.2) is 4.57 Å². The fourth-order valence-corrected chi connectivity index (χ4v) is 5.12. The van der Waals surface area contributed by atoms with Crippen molar-refractivity contribution in [3.63, 3.8) is 0 Å². The number of aryl methyl sites for hydroxylation is 3. The van der Waals surface area contributed by atoms with Crippen molar-refractivity contribution in [2.24, 2.45) is 0 Å². The highest BCUT2D eigenvalue weighted by molar-refractivity contribution is 5.61. The summed E-state index contributed by atoms with van der Waals surface area (Å²) in [6.45, 7) is 1.95. The third-order valence-corrected chi connectivity index (χ3v) is 7.55. The average Bonchev–Trinajstić information content (AvgIpc) is 3.00. The number of benzene rings is 3. The Labute approximate surface area is 236 Å². The number of pyridine rings is 1. The van der Waals surface area contributed by atoms with E-state index in [1.165, 1.54) is 80.0 Å². The first-order valence-electron chi connectivity index (χ1n) is 15.2. The van der Waals surface area contributed by atoms with E-state index >= 15 is 0 Å². The Bertz CT molecular complexity index is 1150. The first-order chi connectivity index (χ1) is 19.4. The molecule has 2 nitrogen and oxygen atoms in total. The fourth-order valence-electron chi connectivity index (χ4n) is 5.12. The number of hydrogen-bond donors (Lipinski definition) is 0. The van der Waals surface area contributed by atoms with Crippen LogP contribution in [-0.2, 0) is 19.4 Å². The van der Waals surface area contributed by atoms with Crippen molar-refractivity contribution in [3.8, 4) is 16.9 Å². The van der Waals surface area contributed by atoms with Crippen LogP contribution in [0.3, 0.4) is 0 Å². The first kappa shape index (κ1) is 28.6. The lowest BCUT2D eigenvalue weighted by atomic mass is 10.0. The maximum Gasteiger partial charge on any atom is 0.169 e. The second-order valence-electron chi connectivity index (χ2n) is 10.7. The highest BCUT2D eigenvalue weighted by Crippen LogP contribution is 2.17. The van der Waals surface area contributed by atoms with E-state index in [1.807, 2.05) is 0 Å². The molecule has 0 amide bonds. The molecule has 1 heterocycles. The summed E-state index contributed by atoms with van der Waals surface area (Å²) in [6.07, 6.45) is 19.8. The molecule has 0 radical (unpaired) electrons. The van der Waals surface area contributed by atoms with E-state index in [0.29, 0.717) is 0 Å². The van der Waals surface area contributed by atoms with Gasteiger partial charge in [0.25, 0.3) is 0 Å². The molecule has 0 saturated carbocycles. The molecule has 39 heavy (non-hydrogen) atoms. The Morgan fingerprint density at radius 1 is 0.436 bits per heavy atom. The average molecular weight is 521 g/mol. The Morgan fingerprint density at radius 3 is 1.54 bits per heavy atom. The zero-order chi connectivity index (χ0) is 26.8. The third-order valence-electron chi connectivity index (χ3n) is 7.55. The van der Waals surface area contributed by atoms with Crippen LogP contribution in [0.2, 0.25) is 0 Å². The molecule has 0 saturated heterocycles. The largest absolute Gasteiger partial charge is 0.494 e. The molecule has 4 rings (SSSR count). The van der Waals surface area contributed by atoms with Crippen molar-refractivity contribution in [1.29, 1.82) is 0 Å².